The molecule has 1 aromatic rings. The van der Waals surface area contributed by atoms with E-state index in [9.17, 15) is 0 Å². The molecular formula is C16H21ClN2O5. The number of carbonyl (C=O) groups is 2. The fraction of sp³-hybridized carbons (Fsp3) is 0.562. The molecule has 0 saturated carbocycles. The molecule has 3 rings (SSSR count). The number of rotatable bonds is 4. The number of carboxylic acid groups (broad SMARTS) is 2. The maximum absolute atomic E-state index is 9.10. The summed E-state index contributed by atoms with van der Waals surface area (Å²) in [5, 5.41) is 23.6. The summed E-state index contributed by atoms with van der Waals surface area (Å²) in [6, 6.07) is 3.01. The Morgan fingerprint density at radius 3 is 2.71 bits per heavy atom. The minimum absolute atomic E-state index is 0.375. The van der Waals surface area contributed by atoms with E-state index in [1.54, 1.807) is 0 Å². The van der Waals surface area contributed by atoms with Gasteiger partial charge in [0.25, 0.3) is 0 Å². The van der Waals surface area contributed by atoms with Gasteiger partial charge >= 0.3 is 11.9 Å². The highest BCUT2D eigenvalue weighted by molar-refractivity contribution is 6.33. The van der Waals surface area contributed by atoms with Gasteiger partial charge in [0.2, 0.25) is 0 Å². The van der Waals surface area contributed by atoms with Crippen molar-refractivity contribution in [2.45, 2.75) is 57.5 Å². The normalized spacial score (nSPS) is 22.1. The summed E-state index contributed by atoms with van der Waals surface area (Å²) in [5.74, 6) is -2.67. The van der Waals surface area contributed by atoms with Crippen molar-refractivity contribution in [3.63, 3.8) is 0 Å². The molecule has 3 heterocycles. The maximum Gasteiger partial charge on any atom is 0.414 e. The molecule has 0 aliphatic carbocycles. The monoisotopic (exact) mass is 356 g/mol. The van der Waals surface area contributed by atoms with Crippen LogP contribution in [-0.4, -0.2) is 39.4 Å². The van der Waals surface area contributed by atoms with Crippen molar-refractivity contribution >= 4 is 29.1 Å². The van der Waals surface area contributed by atoms with Crippen molar-refractivity contribution in [2.75, 3.05) is 0 Å². The number of fused-ring (bicyclic) bond motifs is 2. The van der Waals surface area contributed by atoms with Gasteiger partial charge in [-0.1, -0.05) is 30.1 Å². The molecule has 2 atom stereocenters. The van der Waals surface area contributed by atoms with Crippen LogP contribution in [0.4, 0.5) is 0 Å². The van der Waals surface area contributed by atoms with Gasteiger partial charge in [0.1, 0.15) is 11.5 Å². The van der Waals surface area contributed by atoms with Gasteiger partial charge in [-0.05, 0) is 25.7 Å². The zero-order valence-corrected chi connectivity index (χ0v) is 14.2. The second-order valence-electron chi connectivity index (χ2n) is 5.91. The van der Waals surface area contributed by atoms with Crippen molar-refractivity contribution in [2.24, 2.45) is 0 Å². The first-order valence-corrected chi connectivity index (χ1v) is 8.37. The number of aliphatic carboxylic acids is 2. The number of nitrogens with one attached hydrogen (secondary N) is 1. The molecule has 8 heteroatoms. The van der Waals surface area contributed by atoms with Gasteiger partial charge in [-0.25, -0.2) is 9.59 Å². The van der Waals surface area contributed by atoms with E-state index in [0.29, 0.717) is 12.1 Å². The minimum atomic E-state index is -1.82. The molecule has 1 saturated heterocycles. The van der Waals surface area contributed by atoms with Gasteiger partial charge in [0.15, 0.2) is 0 Å². The summed E-state index contributed by atoms with van der Waals surface area (Å²) in [4.78, 5) is 18.2. The van der Waals surface area contributed by atoms with E-state index in [2.05, 4.69) is 23.5 Å². The molecule has 1 fully saturated rings. The third-order valence-corrected chi connectivity index (χ3v) is 4.46. The predicted molar refractivity (Wildman–Crippen MR) is 87.7 cm³/mol. The molecule has 0 aromatic carbocycles. The summed E-state index contributed by atoms with van der Waals surface area (Å²) in [7, 11) is 0. The molecule has 0 amide bonds. The molecule has 2 aliphatic rings. The molecule has 0 spiro atoms. The van der Waals surface area contributed by atoms with E-state index >= 15 is 0 Å². The Hall–Kier alpha value is -1.86. The topological polar surface area (TPSA) is 113 Å². The Morgan fingerprint density at radius 2 is 2.08 bits per heavy atom. The fourth-order valence-corrected chi connectivity index (χ4v) is 3.36. The van der Waals surface area contributed by atoms with Crippen LogP contribution < -0.4 is 5.32 Å². The fourth-order valence-electron chi connectivity index (χ4n) is 2.95. The zero-order valence-electron chi connectivity index (χ0n) is 13.4. The van der Waals surface area contributed by atoms with Crippen LogP contribution in [0.15, 0.2) is 15.6 Å². The Morgan fingerprint density at radius 1 is 1.38 bits per heavy atom. The molecule has 132 valence electrons. The summed E-state index contributed by atoms with van der Waals surface area (Å²) in [5.41, 5.74) is 2.10. The average Bonchev–Trinajstić information content (AvgIpc) is 3.14. The van der Waals surface area contributed by atoms with E-state index in [0.717, 1.165) is 47.7 Å². The molecule has 2 unspecified atom stereocenters. The smallest absolute Gasteiger partial charge is 0.414 e. The zero-order chi connectivity index (χ0) is 17.7. The highest BCUT2D eigenvalue weighted by Crippen LogP contribution is 2.38. The van der Waals surface area contributed by atoms with Crippen LogP contribution >= 0.6 is 11.6 Å². The number of halogens is 1. The van der Waals surface area contributed by atoms with Gasteiger partial charge in [-0.2, -0.15) is 0 Å². The molecule has 0 radical (unpaired) electrons. The van der Waals surface area contributed by atoms with Gasteiger partial charge in [-0.15, -0.1) is 0 Å². The number of hydrogen-bond donors (Lipinski definition) is 3. The molecule has 2 bridgehead atoms. The minimum Gasteiger partial charge on any atom is -0.473 e. The predicted octanol–water partition coefficient (Wildman–Crippen LogP) is 2.65. The lowest BCUT2D eigenvalue weighted by Crippen LogP contribution is -2.34. The summed E-state index contributed by atoms with van der Waals surface area (Å²) < 4.78 is 5.40. The Bertz CT molecular complexity index is 628. The number of carboxylic acids is 2. The van der Waals surface area contributed by atoms with Crippen LogP contribution in [0.25, 0.3) is 5.57 Å². The molecular weight excluding hydrogens is 336 g/mol. The second kappa shape index (κ2) is 8.30. The van der Waals surface area contributed by atoms with Crippen molar-refractivity contribution in [3.05, 3.63) is 22.6 Å². The highest BCUT2D eigenvalue weighted by Gasteiger charge is 2.35. The van der Waals surface area contributed by atoms with Crippen LogP contribution in [0.3, 0.4) is 0 Å². The molecule has 2 aliphatic heterocycles. The average molecular weight is 357 g/mol. The first-order chi connectivity index (χ1) is 11.4. The van der Waals surface area contributed by atoms with Crippen LogP contribution in [-0.2, 0) is 16.0 Å². The van der Waals surface area contributed by atoms with Gasteiger partial charge in [-0.3, -0.25) is 0 Å². The largest absolute Gasteiger partial charge is 0.473 e. The van der Waals surface area contributed by atoms with E-state index in [-0.39, 0.29) is 0 Å². The molecule has 24 heavy (non-hydrogen) atoms. The van der Waals surface area contributed by atoms with Crippen LogP contribution in [0, 0.1) is 0 Å². The van der Waals surface area contributed by atoms with Crippen molar-refractivity contribution in [3.8, 4) is 0 Å². The van der Waals surface area contributed by atoms with E-state index in [1.807, 2.05) is 0 Å². The summed E-state index contributed by atoms with van der Waals surface area (Å²) in [6.45, 7) is 2.18. The lowest BCUT2D eigenvalue weighted by Gasteiger charge is -2.23. The summed E-state index contributed by atoms with van der Waals surface area (Å²) in [6.07, 6.45) is 6.59. The van der Waals surface area contributed by atoms with Gasteiger partial charge in [0, 0.05) is 35.2 Å². The Kier molecular flexibility index (Phi) is 6.39. The number of aryl methyl sites for hydroxylation is 1. The second-order valence-corrected chi connectivity index (χ2v) is 6.36. The lowest BCUT2D eigenvalue weighted by molar-refractivity contribution is -0.159. The van der Waals surface area contributed by atoms with E-state index in [1.165, 1.54) is 12.8 Å². The maximum atomic E-state index is 9.10. The first-order valence-electron chi connectivity index (χ1n) is 7.99. The van der Waals surface area contributed by atoms with E-state index in [4.69, 9.17) is 35.9 Å². The molecule has 3 N–H and O–H groups in total. The number of nitrogens with zero attached hydrogens (tertiary/aromatic N) is 1. The molecule has 1 aromatic heterocycles. The number of unbranched alkanes of at least 4 members (excludes halogenated alkanes) is 1. The first kappa shape index (κ1) is 18.5. The third-order valence-electron chi connectivity index (χ3n) is 4.10. The van der Waals surface area contributed by atoms with Crippen LogP contribution in [0.2, 0.25) is 0 Å². The van der Waals surface area contributed by atoms with Crippen molar-refractivity contribution in [1.82, 2.24) is 10.5 Å². The number of hydrogen-bond acceptors (Lipinski definition) is 5. The van der Waals surface area contributed by atoms with Crippen molar-refractivity contribution in [1.29, 1.82) is 0 Å². The summed E-state index contributed by atoms with van der Waals surface area (Å²) >= 11 is 6.42. The van der Waals surface area contributed by atoms with Gasteiger partial charge in [0.05, 0.1) is 0 Å². The highest BCUT2D eigenvalue weighted by atomic mass is 35.5. The molecule has 7 nitrogen and oxygen atoms in total. The van der Waals surface area contributed by atoms with Gasteiger partial charge < -0.3 is 20.1 Å². The standard InChI is InChI=1S/C14H19ClN2O.C2H2O4/c1-2-3-4-10-8-13(17-18-10)14-11(15)7-9-5-6-12(14)16-9;3-1(4)2(5)6/h8-9,12,16H,2-7H2,1H3;(H,3,4)(H,5,6). The lowest BCUT2D eigenvalue weighted by atomic mass is 10.00. The quantitative estimate of drug-likeness (QED) is 0.711. The van der Waals surface area contributed by atoms with Crippen LogP contribution in [0.1, 0.15) is 50.5 Å². The van der Waals surface area contributed by atoms with E-state index < -0.39 is 11.9 Å². The van der Waals surface area contributed by atoms with Crippen molar-refractivity contribution < 1.29 is 24.3 Å². The number of aromatic nitrogens is 1. The van der Waals surface area contributed by atoms with Crippen LogP contribution in [0.5, 0.6) is 0 Å². The Balaban J connectivity index is 0.000000301. The Labute approximate surface area is 144 Å². The third kappa shape index (κ3) is 4.58. The SMILES string of the molecule is CCCCc1cc(C2=C(Cl)CC3CCC2N3)no1.O=C(O)C(=O)O.